The number of carbonyl (C=O) groups excluding carboxylic acids is 1. The molecule has 0 heterocycles. The molecule has 4 aromatic rings. The molecule has 4 rings (SSSR count). The number of ether oxygens (including phenoxy) is 2. The molecule has 0 atom stereocenters. The minimum atomic E-state index is -0.530. The van der Waals surface area contributed by atoms with Crippen molar-refractivity contribution in [2.75, 3.05) is 5.32 Å². The van der Waals surface area contributed by atoms with Gasteiger partial charge in [-0.25, -0.2) is 0 Å². The Bertz CT molecular complexity index is 1430. The molecule has 0 spiro atoms. The number of nitriles is 1. The zero-order chi connectivity index (χ0) is 26.0. The first-order valence-electron chi connectivity index (χ1n) is 11.4. The zero-order valence-electron chi connectivity index (χ0n) is 19.7. The Morgan fingerprint density at radius 3 is 2.19 bits per heavy atom. The van der Waals surface area contributed by atoms with Gasteiger partial charge in [-0.2, -0.15) is 5.26 Å². The van der Waals surface area contributed by atoms with Crippen molar-refractivity contribution in [2.24, 2.45) is 0 Å². The van der Waals surface area contributed by atoms with Crippen LogP contribution in [0.1, 0.15) is 16.7 Å². The van der Waals surface area contributed by atoms with Gasteiger partial charge in [0.15, 0.2) is 0 Å². The van der Waals surface area contributed by atoms with Crippen LogP contribution in [0.15, 0.2) is 103 Å². The summed E-state index contributed by atoms with van der Waals surface area (Å²) in [4.78, 5) is 12.7. The molecule has 4 aromatic carbocycles. The molecule has 0 unspecified atom stereocenters. The normalized spacial score (nSPS) is 10.9. The molecular weight excluding hydrogens is 507 g/mol. The van der Waals surface area contributed by atoms with Gasteiger partial charge in [-0.15, -0.1) is 0 Å². The molecule has 0 aliphatic carbocycles. The molecule has 5 nitrogen and oxygen atoms in total. The predicted molar refractivity (Wildman–Crippen MR) is 147 cm³/mol. The molecule has 0 fully saturated rings. The van der Waals surface area contributed by atoms with Crippen LogP contribution < -0.4 is 14.8 Å². The summed E-state index contributed by atoms with van der Waals surface area (Å²) in [7, 11) is 0. The van der Waals surface area contributed by atoms with E-state index in [-0.39, 0.29) is 5.57 Å². The smallest absolute Gasteiger partial charge is 0.266 e. The highest BCUT2D eigenvalue weighted by Crippen LogP contribution is 2.27. The summed E-state index contributed by atoms with van der Waals surface area (Å²) >= 11 is 12.3. The summed E-state index contributed by atoms with van der Waals surface area (Å²) in [6.45, 7) is 0.773. The molecule has 0 aliphatic rings. The molecule has 0 saturated heterocycles. The van der Waals surface area contributed by atoms with Crippen LogP contribution in [-0.4, -0.2) is 5.91 Å². The lowest BCUT2D eigenvalue weighted by Crippen LogP contribution is -2.13. The van der Waals surface area contributed by atoms with E-state index in [0.717, 1.165) is 11.1 Å². The average molecular weight is 529 g/mol. The quantitative estimate of drug-likeness (QED) is 0.178. The Hall–Kier alpha value is -4.24. The maximum absolute atomic E-state index is 12.7. The second-order valence-corrected chi connectivity index (χ2v) is 8.87. The van der Waals surface area contributed by atoms with Crippen molar-refractivity contribution in [1.29, 1.82) is 5.26 Å². The van der Waals surface area contributed by atoms with Crippen LogP contribution in [0.2, 0.25) is 10.0 Å². The molecule has 0 bridgehead atoms. The summed E-state index contributed by atoms with van der Waals surface area (Å²) in [5, 5.41) is 13.3. The van der Waals surface area contributed by atoms with Crippen molar-refractivity contribution in [1.82, 2.24) is 0 Å². The van der Waals surface area contributed by atoms with Gasteiger partial charge in [-0.1, -0.05) is 71.7 Å². The van der Waals surface area contributed by atoms with Crippen LogP contribution >= 0.6 is 23.2 Å². The maximum atomic E-state index is 12.7. The van der Waals surface area contributed by atoms with E-state index in [0.29, 0.717) is 46.0 Å². The Morgan fingerprint density at radius 1 is 0.838 bits per heavy atom. The van der Waals surface area contributed by atoms with Gasteiger partial charge in [-0.3, -0.25) is 4.79 Å². The first-order chi connectivity index (χ1) is 18.0. The molecule has 0 aromatic heterocycles. The van der Waals surface area contributed by atoms with E-state index in [9.17, 15) is 10.1 Å². The number of hydrogen-bond donors (Lipinski definition) is 1. The number of nitrogens with zero attached hydrogens (tertiary/aromatic N) is 1. The number of rotatable bonds is 9. The third-order valence-electron chi connectivity index (χ3n) is 5.30. The van der Waals surface area contributed by atoms with Gasteiger partial charge < -0.3 is 14.8 Å². The molecular formula is C30H22Cl2N2O3. The Labute approximate surface area is 225 Å². The SMILES string of the molecule is N#C/C(=C\c1ccc(OCc2ccccc2)c(Cl)c1)C(=O)Nc1ccc(OCc2ccc(Cl)cc2)cc1. The standard InChI is InChI=1S/C30H22Cl2N2O3/c31-25-9-6-22(7-10-25)19-36-27-13-11-26(12-14-27)34-30(35)24(18-33)16-23-8-15-29(28(32)17-23)37-20-21-4-2-1-3-5-21/h1-17H,19-20H2,(H,34,35)/b24-16+. The Morgan fingerprint density at radius 2 is 1.51 bits per heavy atom. The molecule has 184 valence electrons. The van der Waals surface area contributed by atoms with E-state index >= 15 is 0 Å². The Balaban J connectivity index is 1.35. The van der Waals surface area contributed by atoms with Crippen LogP contribution in [0.4, 0.5) is 5.69 Å². The molecule has 37 heavy (non-hydrogen) atoms. The lowest BCUT2D eigenvalue weighted by atomic mass is 10.1. The van der Waals surface area contributed by atoms with Crippen molar-refractivity contribution in [2.45, 2.75) is 13.2 Å². The van der Waals surface area contributed by atoms with Crippen molar-refractivity contribution in [3.8, 4) is 17.6 Å². The van der Waals surface area contributed by atoms with Gasteiger partial charge in [0.1, 0.15) is 36.4 Å². The highest BCUT2D eigenvalue weighted by molar-refractivity contribution is 6.32. The van der Waals surface area contributed by atoms with Gasteiger partial charge in [-0.05, 0) is 71.3 Å². The number of hydrogen-bond acceptors (Lipinski definition) is 4. The fourth-order valence-electron chi connectivity index (χ4n) is 3.35. The topological polar surface area (TPSA) is 71.3 Å². The lowest BCUT2D eigenvalue weighted by molar-refractivity contribution is -0.112. The van der Waals surface area contributed by atoms with Gasteiger partial charge in [0, 0.05) is 10.7 Å². The van der Waals surface area contributed by atoms with Crippen molar-refractivity contribution >= 4 is 40.9 Å². The molecule has 0 aliphatic heterocycles. The third kappa shape index (κ3) is 7.62. The first-order valence-corrected chi connectivity index (χ1v) is 12.1. The van der Waals surface area contributed by atoms with Gasteiger partial charge in [0.2, 0.25) is 0 Å². The molecule has 1 N–H and O–H groups in total. The average Bonchev–Trinajstić information content (AvgIpc) is 2.92. The molecule has 7 heteroatoms. The van der Waals surface area contributed by atoms with Gasteiger partial charge in [0.05, 0.1) is 5.02 Å². The molecule has 0 radical (unpaired) electrons. The van der Waals surface area contributed by atoms with Crippen LogP contribution in [0.25, 0.3) is 6.08 Å². The summed E-state index contributed by atoms with van der Waals surface area (Å²) in [6.07, 6.45) is 1.48. The van der Waals surface area contributed by atoms with E-state index in [1.165, 1.54) is 6.08 Å². The van der Waals surface area contributed by atoms with E-state index in [1.54, 1.807) is 54.6 Å². The molecule has 1 amide bonds. The summed E-state index contributed by atoms with van der Waals surface area (Å²) in [6, 6.07) is 31.1. The maximum Gasteiger partial charge on any atom is 0.266 e. The number of carbonyl (C=O) groups is 1. The lowest BCUT2D eigenvalue weighted by Gasteiger charge is -2.09. The summed E-state index contributed by atoms with van der Waals surface area (Å²) in [5.41, 5.74) is 3.09. The number of nitrogens with one attached hydrogen (secondary N) is 1. The fraction of sp³-hybridized carbons (Fsp3) is 0.0667. The number of amides is 1. The minimum absolute atomic E-state index is 0.0583. The second kappa shape index (κ2) is 12.6. The first kappa shape index (κ1) is 25.8. The van der Waals surface area contributed by atoms with Crippen molar-refractivity contribution in [3.63, 3.8) is 0 Å². The van der Waals surface area contributed by atoms with Crippen LogP contribution in [0.5, 0.6) is 11.5 Å². The molecule has 0 saturated carbocycles. The van der Waals surface area contributed by atoms with E-state index in [2.05, 4.69) is 5.32 Å². The van der Waals surface area contributed by atoms with E-state index in [4.69, 9.17) is 32.7 Å². The van der Waals surface area contributed by atoms with E-state index in [1.807, 2.05) is 48.5 Å². The van der Waals surface area contributed by atoms with E-state index < -0.39 is 5.91 Å². The predicted octanol–water partition coefficient (Wildman–Crippen LogP) is 7.70. The summed E-state index contributed by atoms with van der Waals surface area (Å²) < 4.78 is 11.5. The minimum Gasteiger partial charge on any atom is -0.489 e. The van der Waals surface area contributed by atoms with Crippen molar-refractivity contribution < 1.29 is 14.3 Å². The highest BCUT2D eigenvalue weighted by atomic mass is 35.5. The van der Waals surface area contributed by atoms with Crippen LogP contribution in [0.3, 0.4) is 0 Å². The Kier molecular flexibility index (Phi) is 8.83. The van der Waals surface area contributed by atoms with Gasteiger partial charge >= 0.3 is 0 Å². The largest absolute Gasteiger partial charge is 0.489 e. The highest BCUT2D eigenvalue weighted by Gasteiger charge is 2.11. The monoisotopic (exact) mass is 528 g/mol. The van der Waals surface area contributed by atoms with Crippen LogP contribution in [-0.2, 0) is 18.0 Å². The number of benzene rings is 4. The van der Waals surface area contributed by atoms with Crippen molar-refractivity contribution in [3.05, 3.63) is 129 Å². The number of anilines is 1. The summed E-state index contributed by atoms with van der Waals surface area (Å²) in [5.74, 6) is 0.634. The second-order valence-electron chi connectivity index (χ2n) is 8.03. The fourth-order valence-corrected chi connectivity index (χ4v) is 3.72. The van der Waals surface area contributed by atoms with Crippen LogP contribution in [0, 0.1) is 11.3 Å². The zero-order valence-corrected chi connectivity index (χ0v) is 21.2. The third-order valence-corrected chi connectivity index (χ3v) is 5.85. The number of halogens is 2. The van der Waals surface area contributed by atoms with Gasteiger partial charge in [0.25, 0.3) is 5.91 Å².